The third-order valence-corrected chi connectivity index (χ3v) is 5.60. The Morgan fingerprint density at radius 2 is 1.19 bits per heavy atom. The lowest BCUT2D eigenvalue weighted by Crippen LogP contribution is -2.03. The van der Waals surface area contributed by atoms with Gasteiger partial charge in [-0.05, 0) is 48.7 Å². The molecule has 2 aromatic carbocycles. The number of para-hydroxylation sites is 1. The molecule has 0 saturated carbocycles. The van der Waals surface area contributed by atoms with E-state index in [4.69, 9.17) is 9.47 Å². The second-order valence-electron chi connectivity index (χ2n) is 8.53. The van der Waals surface area contributed by atoms with Gasteiger partial charge in [0.15, 0.2) is 11.5 Å². The maximum Gasteiger partial charge on any atom is 0.161 e. The number of unbranched alkanes of at least 4 members (excludes halogenated alkanes) is 10. The largest absolute Gasteiger partial charge is 0.490 e. The highest BCUT2D eigenvalue weighted by molar-refractivity contribution is 5.83. The lowest BCUT2D eigenvalue weighted by molar-refractivity contribution is 0.258. The average Bonchev–Trinajstić information content (AvgIpc) is 2.83. The first-order valence-electron chi connectivity index (χ1n) is 12.8. The lowest BCUT2D eigenvalue weighted by atomic mass is 10.1. The van der Waals surface area contributed by atoms with Crippen LogP contribution in [0.15, 0.2) is 53.5 Å². The molecular weight excluding hydrogens is 394 g/mol. The van der Waals surface area contributed by atoms with Crippen LogP contribution in [0.2, 0.25) is 0 Å². The summed E-state index contributed by atoms with van der Waals surface area (Å²) < 4.78 is 12.3. The number of nitrogens with zero attached hydrogens (tertiary/aromatic N) is 1. The van der Waals surface area contributed by atoms with Crippen molar-refractivity contribution in [3.8, 4) is 11.5 Å². The highest BCUT2D eigenvalue weighted by atomic mass is 16.5. The molecule has 3 nitrogen and oxygen atoms in total. The van der Waals surface area contributed by atoms with E-state index in [9.17, 15) is 0 Å². The van der Waals surface area contributed by atoms with Gasteiger partial charge in [0.2, 0.25) is 0 Å². The average molecular weight is 438 g/mol. The number of ether oxygens (including phenoxy) is 2. The molecule has 0 amide bonds. The van der Waals surface area contributed by atoms with E-state index in [-0.39, 0.29) is 0 Å². The molecule has 0 fully saturated rings. The smallest absolute Gasteiger partial charge is 0.161 e. The molecule has 0 unspecified atom stereocenters. The predicted octanol–water partition coefficient (Wildman–Crippen LogP) is 8.92. The van der Waals surface area contributed by atoms with Crippen molar-refractivity contribution < 1.29 is 9.47 Å². The van der Waals surface area contributed by atoms with Gasteiger partial charge in [-0.3, -0.25) is 4.99 Å². The van der Waals surface area contributed by atoms with Crippen molar-refractivity contribution in [3.05, 3.63) is 54.1 Å². The van der Waals surface area contributed by atoms with Gasteiger partial charge in [0.1, 0.15) is 0 Å². The SMILES string of the molecule is CCCCCCCCOc1ccc(C=Nc2ccccc2)cc1OCCCCCCCC. The van der Waals surface area contributed by atoms with E-state index in [1.54, 1.807) is 0 Å². The minimum absolute atomic E-state index is 0.735. The van der Waals surface area contributed by atoms with E-state index in [0.717, 1.165) is 48.8 Å². The van der Waals surface area contributed by atoms with Gasteiger partial charge in [-0.1, -0.05) is 96.3 Å². The molecule has 0 bridgehead atoms. The van der Waals surface area contributed by atoms with Gasteiger partial charge in [-0.15, -0.1) is 0 Å². The van der Waals surface area contributed by atoms with Crippen molar-refractivity contribution in [2.24, 2.45) is 4.99 Å². The highest BCUT2D eigenvalue weighted by Crippen LogP contribution is 2.29. The summed E-state index contributed by atoms with van der Waals surface area (Å²) in [5.74, 6) is 1.68. The highest BCUT2D eigenvalue weighted by Gasteiger charge is 2.07. The van der Waals surface area contributed by atoms with Gasteiger partial charge in [0.05, 0.1) is 18.9 Å². The van der Waals surface area contributed by atoms with Gasteiger partial charge >= 0.3 is 0 Å². The molecule has 0 spiro atoms. The van der Waals surface area contributed by atoms with Gasteiger partial charge < -0.3 is 9.47 Å². The van der Waals surface area contributed by atoms with Crippen molar-refractivity contribution >= 4 is 11.9 Å². The second-order valence-corrected chi connectivity index (χ2v) is 8.53. The van der Waals surface area contributed by atoms with E-state index < -0.39 is 0 Å². The summed E-state index contributed by atoms with van der Waals surface area (Å²) >= 11 is 0. The minimum atomic E-state index is 0.735. The van der Waals surface area contributed by atoms with Crippen LogP contribution in [-0.4, -0.2) is 19.4 Å². The number of benzene rings is 2. The molecule has 0 radical (unpaired) electrons. The van der Waals surface area contributed by atoms with Crippen LogP contribution in [0.25, 0.3) is 0 Å². The summed E-state index contributed by atoms with van der Waals surface area (Å²) in [5, 5.41) is 0. The van der Waals surface area contributed by atoms with E-state index in [1.807, 2.05) is 42.6 Å². The molecule has 176 valence electrons. The molecule has 3 heteroatoms. The van der Waals surface area contributed by atoms with E-state index in [1.165, 1.54) is 64.2 Å². The summed E-state index contributed by atoms with van der Waals surface area (Å²) in [6, 6.07) is 16.2. The Morgan fingerprint density at radius 3 is 1.81 bits per heavy atom. The minimum Gasteiger partial charge on any atom is -0.490 e. The Bertz CT molecular complexity index is 742. The lowest BCUT2D eigenvalue weighted by Gasteiger charge is -2.14. The third kappa shape index (κ3) is 11.4. The Hall–Kier alpha value is -2.29. The number of aliphatic imine (C=N–C) groups is 1. The molecule has 0 heterocycles. The Kier molecular flexibility index (Phi) is 14.0. The van der Waals surface area contributed by atoms with Gasteiger partial charge in [0, 0.05) is 6.21 Å². The first kappa shape index (κ1) is 26.0. The van der Waals surface area contributed by atoms with Crippen LogP contribution in [0.3, 0.4) is 0 Å². The quantitative estimate of drug-likeness (QED) is 0.172. The fourth-order valence-corrected chi connectivity index (χ4v) is 3.63. The molecule has 0 aliphatic rings. The van der Waals surface area contributed by atoms with Crippen molar-refractivity contribution in [2.75, 3.05) is 13.2 Å². The van der Waals surface area contributed by atoms with E-state index >= 15 is 0 Å². The molecule has 0 aliphatic carbocycles. The monoisotopic (exact) mass is 437 g/mol. The van der Waals surface area contributed by atoms with Gasteiger partial charge in [-0.25, -0.2) is 0 Å². The van der Waals surface area contributed by atoms with Crippen LogP contribution in [0.5, 0.6) is 11.5 Å². The first-order chi connectivity index (χ1) is 15.8. The van der Waals surface area contributed by atoms with Crippen molar-refractivity contribution in [2.45, 2.75) is 90.9 Å². The van der Waals surface area contributed by atoms with Crippen LogP contribution >= 0.6 is 0 Å². The molecule has 0 saturated heterocycles. The number of hydrogen-bond donors (Lipinski definition) is 0. The normalized spacial score (nSPS) is 11.2. The maximum absolute atomic E-state index is 6.16. The molecule has 0 atom stereocenters. The van der Waals surface area contributed by atoms with Crippen molar-refractivity contribution in [1.82, 2.24) is 0 Å². The van der Waals surface area contributed by atoms with Gasteiger partial charge in [0.25, 0.3) is 0 Å². The fraction of sp³-hybridized carbons (Fsp3) is 0.552. The third-order valence-electron chi connectivity index (χ3n) is 5.60. The van der Waals surface area contributed by atoms with Crippen molar-refractivity contribution in [3.63, 3.8) is 0 Å². The fourth-order valence-electron chi connectivity index (χ4n) is 3.63. The summed E-state index contributed by atoms with van der Waals surface area (Å²) in [4.78, 5) is 4.58. The van der Waals surface area contributed by atoms with E-state index in [0.29, 0.717) is 0 Å². The molecule has 2 aromatic rings. The summed E-state index contributed by atoms with van der Waals surface area (Å²) in [6.45, 7) is 5.99. The Balaban J connectivity index is 1.89. The molecule has 0 aliphatic heterocycles. The Labute approximate surface area is 196 Å². The molecule has 2 rings (SSSR count). The summed E-state index contributed by atoms with van der Waals surface area (Å²) in [6.07, 6.45) is 17.0. The van der Waals surface area contributed by atoms with Crippen LogP contribution in [-0.2, 0) is 0 Å². The summed E-state index contributed by atoms with van der Waals surface area (Å²) in [7, 11) is 0. The maximum atomic E-state index is 6.16. The van der Waals surface area contributed by atoms with Crippen LogP contribution in [0, 0.1) is 0 Å². The Morgan fingerprint density at radius 1 is 0.625 bits per heavy atom. The van der Waals surface area contributed by atoms with Crippen LogP contribution in [0.4, 0.5) is 5.69 Å². The zero-order chi connectivity index (χ0) is 22.7. The van der Waals surface area contributed by atoms with Crippen LogP contribution < -0.4 is 9.47 Å². The second kappa shape index (κ2) is 17.3. The van der Waals surface area contributed by atoms with Crippen molar-refractivity contribution in [1.29, 1.82) is 0 Å². The number of hydrogen-bond acceptors (Lipinski definition) is 3. The molecule has 32 heavy (non-hydrogen) atoms. The predicted molar refractivity (Wildman–Crippen MR) is 138 cm³/mol. The van der Waals surface area contributed by atoms with Gasteiger partial charge in [-0.2, -0.15) is 0 Å². The summed E-state index contributed by atoms with van der Waals surface area (Å²) in [5.41, 5.74) is 1.98. The van der Waals surface area contributed by atoms with E-state index in [2.05, 4.69) is 31.0 Å². The number of rotatable bonds is 18. The molecular formula is C29H43NO2. The zero-order valence-electron chi connectivity index (χ0n) is 20.4. The molecule has 0 aromatic heterocycles. The first-order valence-corrected chi connectivity index (χ1v) is 12.8. The zero-order valence-corrected chi connectivity index (χ0v) is 20.4. The molecule has 0 N–H and O–H groups in total. The standard InChI is InChI=1S/C29H43NO2/c1-3-5-7-9-11-16-22-31-28-21-20-26(25-30-27-18-14-13-15-19-27)24-29(28)32-23-17-12-10-8-6-4-2/h13-15,18-21,24-25H,3-12,16-17,22-23H2,1-2H3. The van der Waals surface area contributed by atoms with Crippen LogP contribution in [0.1, 0.15) is 96.5 Å². The topological polar surface area (TPSA) is 30.8 Å².